The molecule has 1 unspecified atom stereocenters. The van der Waals surface area contributed by atoms with Gasteiger partial charge in [-0.2, -0.15) is 0 Å². The van der Waals surface area contributed by atoms with Gasteiger partial charge in [-0.25, -0.2) is 0 Å². The average molecular weight is 254 g/mol. The van der Waals surface area contributed by atoms with Crippen LogP contribution in [-0.4, -0.2) is 43.9 Å². The van der Waals surface area contributed by atoms with Crippen LogP contribution in [0.3, 0.4) is 0 Å². The highest BCUT2D eigenvalue weighted by Gasteiger charge is 2.09. The van der Waals surface area contributed by atoms with Gasteiger partial charge in [-0.15, -0.1) is 0 Å². The molecule has 0 aliphatic heterocycles. The molecule has 0 aliphatic rings. The molecule has 1 aromatic carbocycles. The van der Waals surface area contributed by atoms with Gasteiger partial charge in [0.05, 0.1) is 7.11 Å². The van der Waals surface area contributed by atoms with Crippen LogP contribution in [0, 0.1) is 0 Å². The zero-order chi connectivity index (χ0) is 13.4. The second-order valence-electron chi connectivity index (χ2n) is 3.62. The number of aliphatic hydroxyl groups is 1. The van der Waals surface area contributed by atoms with Crippen molar-refractivity contribution in [2.45, 2.75) is 6.10 Å². The van der Waals surface area contributed by atoms with E-state index in [0.29, 0.717) is 24.7 Å². The van der Waals surface area contributed by atoms with Crippen molar-refractivity contribution in [1.29, 1.82) is 0 Å². The molecule has 0 spiro atoms. The van der Waals surface area contributed by atoms with E-state index in [1.54, 1.807) is 19.2 Å². The zero-order valence-electron chi connectivity index (χ0n) is 10.3. The van der Waals surface area contributed by atoms with Gasteiger partial charge in [-0.05, 0) is 12.1 Å². The molecule has 1 amide bonds. The van der Waals surface area contributed by atoms with E-state index in [-0.39, 0.29) is 6.54 Å². The summed E-state index contributed by atoms with van der Waals surface area (Å²) in [5.41, 5.74) is 4.90. The molecule has 1 aromatic rings. The van der Waals surface area contributed by atoms with Crippen LogP contribution in [0.1, 0.15) is 0 Å². The third-order valence-electron chi connectivity index (χ3n) is 2.27. The van der Waals surface area contributed by atoms with E-state index in [4.69, 9.17) is 20.3 Å². The van der Waals surface area contributed by atoms with Crippen molar-refractivity contribution in [3.63, 3.8) is 0 Å². The van der Waals surface area contributed by atoms with Gasteiger partial charge in [-0.1, -0.05) is 12.1 Å². The number of carbonyl (C=O) groups excluding carboxylic acids is 1. The van der Waals surface area contributed by atoms with E-state index >= 15 is 0 Å². The van der Waals surface area contributed by atoms with Crippen LogP contribution < -0.4 is 20.5 Å². The highest BCUT2D eigenvalue weighted by molar-refractivity contribution is 5.78. The van der Waals surface area contributed by atoms with Crippen molar-refractivity contribution in [2.24, 2.45) is 5.73 Å². The monoisotopic (exact) mass is 254 g/mol. The molecular formula is C12H18N2O4. The first-order valence-corrected chi connectivity index (χ1v) is 5.59. The molecule has 0 aromatic heterocycles. The molecule has 18 heavy (non-hydrogen) atoms. The lowest BCUT2D eigenvalue weighted by Crippen LogP contribution is -2.38. The fourth-order valence-electron chi connectivity index (χ4n) is 1.31. The summed E-state index contributed by atoms with van der Waals surface area (Å²) in [6, 6.07) is 7.31. The average Bonchev–Trinajstić information content (AvgIpc) is 2.38. The number of rotatable bonds is 8. The van der Waals surface area contributed by atoms with Crippen LogP contribution in [0.25, 0.3) is 0 Å². The van der Waals surface area contributed by atoms with E-state index in [2.05, 4.69) is 5.32 Å². The first kappa shape index (κ1) is 14.3. The Labute approximate surface area is 106 Å². The maximum Gasteiger partial charge on any atom is 0.247 e. The summed E-state index contributed by atoms with van der Waals surface area (Å²) < 4.78 is 10.6. The number of methoxy groups -OCH3 is 1. The zero-order valence-corrected chi connectivity index (χ0v) is 10.3. The lowest BCUT2D eigenvalue weighted by atomic mass is 10.3. The number of hydrogen-bond donors (Lipinski definition) is 3. The number of primary amides is 1. The van der Waals surface area contributed by atoms with Crippen LogP contribution in [-0.2, 0) is 4.79 Å². The summed E-state index contributed by atoms with van der Waals surface area (Å²) in [5, 5.41) is 12.0. The summed E-state index contributed by atoms with van der Waals surface area (Å²) in [4.78, 5) is 10.6. The molecule has 0 saturated carbocycles. The Bertz CT molecular complexity index is 384. The number of ether oxygens (including phenoxy) is 2. The van der Waals surface area contributed by atoms with Gasteiger partial charge in [0.2, 0.25) is 5.91 Å². The molecule has 0 fully saturated rings. The predicted octanol–water partition coefficient (Wildman–Crippen LogP) is -0.490. The molecule has 1 rings (SSSR count). The molecule has 0 heterocycles. The van der Waals surface area contributed by atoms with Crippen molar-refractivity contribution >= 4 is 5.91 Å². The van der Waals surface area contributed by atoms with Crippen molar-refractivity contribution < 1.29 is 19.4 Å². The number of aliphatic hydroxyl groups excluding tert-OH is 1. The SMILES string of the molecule is COc1ccccc1OCCNCC(O)C(N)=O. The summed E-state index contributed by atoms with van der Waals surface area (Å²) in [6.07, 6.45) is -1.17. The smallest absolute Gasteiger partial charge is 0.247 e. The number of para-hydroxylation sites is 2. The van der Waals surface area contributed by atoms with Crippen LogP contribution in [0.5, 0.6) is 11.5 Å². The van der Waals surface area contributed by atoms with Crippen molar-refractivity contribution in [1.82, 2.24) is 5.32 Å². The van der Waals surface area contributed by atoms with Crippen molar-refractivity contribution in [3.8, 4) is 11.5 Å². The van der Waals surface area contributed by atoms with Crippen LogP contribution in [0.15, 0.2) is 24.3 Å². The van der Waals surface area contributed by atoms with Crippen LogP contribution in [0.4, 0.5) is 0 Å². The second kappa shape index (κ2) is 7.52. The standard InChI is InChI=1S/C12H18N2O4/c1-17-10-4-2-3-5-11(10)18-7-6-14-8-9(15)12(13)16/h2-5,9,14-15H,6-8H2,1H3,(H2,13,16). The summed E-state index contributed by atoms with van der Waals surface area (Å²) in [5.74, 6) is 0.570. The van der Waals surface area contributed by atoms with Gasteiger partial charge in [0.25, 0.3) is 0 Å². The third kappa shape index (κ3) is 4.60. The molecule has 1 atom stereocenters. The molecule has 6 heteroatoms. The Balaban J connectivity index is 2.24. The predicted molar refractivity (Wildman–Crippen MR) is 66.6 cm³/mol. The lowest BCUT2D eigenvalue weighted by Gasteiger charge is -2.11. The molecule has 100 valence electrons. The number of nitrogens with one attached hydrogen (secondary N) is 1. The Morgan fingerprint density at radius 3 is 2.72 bits per heavy atom. The Kier molecular flexibility index (Phi) is 5.96. The fourth-order valence-corrected chi connectivity index (χ4v) is 1.31. The van der Waals surface area contributed by atoms with Crippen LogP contribution in [0.2, 0.25) is 0 Å². The van der Waals surface area contributed by atoms with E-state index in [1.807, 2.05) is 12.1 Å². The number of amides is 1. The first-order valence-electron chi connectivity index (χ1n) is 5.59. The van der Waals surface area contributed by atoms with Crippen molar-refractivity contribution in [3.05, 3.63) is 24.3 Å². The topological polar surface area (TPSA) is 93.8 Å². The lowest BCUT2D eigenvalue weighted by molar-refractivity contribution is -0.125. The van der Waals surface area contributed by atoms with Gasteiger partial charge < -0.3 is 25.6 Å². The summed E-state index contributed by atoms with van der Waals surface area (Å²) in [7, 11) is 1.57. The Morgan fingerprint density at radius 1 is 1.44 bits per heavy atom. The van der Waals surface area contributed by atoms with Crippen LogP contribution >= 0.6 is 0 Å². The Hall–Kier alpha value is -1.79. The minimum Gasteiger partial charge on any atom is -0.493 e. The van der Waals surface area contributed by atoms with Crippen molar-refractivity contribution in [2.75, 3.05) is 26.8 Å². The summed E-state index contributed by atoms with van der Waals surface area (Å²) >= 11 is 0. The van der Waals surface area contributed by atoms with E-state index in [1.165, 1.54) is 0 Å². The number of hydrogen-bond acceptors (Lipinski definition) is 5. The molecule has 0 saturated heterocycles. The minimum absolute atomic E-state index is 0.116. The first-order chi connectivity index (χ1) is 8.65. The van der Waals surface area contributed by atoms with Gasteiger partial charge >= 0.3 is 0 Å². The van der Waals surface area contributed by atoms with Gasteiger partial charge in [-0.3, -0.25) is 4.79 Å². The molecule has 6 nitrogen and oxygen atoms in total. The number of nitrogens with two attached hydrogens (primary N) is 1. The second-order valence-corrected chi connectivity index (χ2v) is 3.62. The largest absolute Gasteiger partial charge is 0.493 e. The normalized spacial score (nSPS) is 11.9. The molecule has 4 N–H and O–H groups in total. The molecule has 0 bridgehead atoms. The fraction of sp³-hybridized carbons (Fsp3) is 0.417. The van der Waals surface area contributed by atoms with Gasteiger partial charge in [0.15, 0.2) is 11.5 Å². The minimum atomic E-state index is -1.17. The highest BCUT2D eigenvalue weighted by Crippen LogP contribution is 2.25. The molecular weight excluding hydrogens is 236 g/mol. The maximum atomic E-state index is 10.6. The van der Waals surface area contributed by atoms with E-state index in [0.717, 1.165) is 0 Å². The van der Waals surface area contributed by atoms with Gasteiger partial charge in [0.1, 0.15) is 12.7 Å². The number of benzene rings is 1. The molecule has 0 aliphatic carbocycles. The van der Waals surface area contributed by atoms with Gasteiger partial charge in [0, 0.05) is 13.1 Å². The Morgan fingerprint density at radius 2 is 2.11 bits per heavy atom. The van der Waals surface area contributed by atoms with E-state index < -0.39 is 12.0 Å². The van der Waals surface area contributed by atoms with E-state index in [9.17, 15) is 4.79 Å². The summed E-state index contributed by atoms with van der Waals surface area (Å²) in [6.45, 7) is 0.999. The quantitative estimate of drug-likeness (QED) is 0.544. The third-order valence-corrected chi connectivity index (χ3v) is 2.27. The molecule has 0 radical (unpaired) electrons. The maximum absolute atomic E-state index is 10.6. The highest BCUT2D eigenvalue weighted by atomic mass is 16.5. The number of carbonyl (C=O) groups is 1.